The van der Waals surface area contributed by atoms with Gasteiger partial charge in [-0.1, -0.05) is 65.1 Å². The third-order valence-electron chi connectivity index (χ3n) is 5.42. The van der Waals surface area contributed by atoms with Gasteiger partial charge >= 0.3 is 0 Å². The average molecular weight is 417 g/mol. The SMILES string of the molecule is O=C(C1CCC1)N(Cc1ccccc1Cl)C[C@@H]1CC(c2ccc(Cl)cc2)=NO1. The number of nitrogens with zero attached hydrogens (tertiary/aromatic N) is 2. The smallest absolute Gasteiger partial charge is 0.226 e. The molecule has 1 aliphatic heterocycles. The molecule has 2 aliphatic rings. The highest BCUT2D eigenvalue weighted by Gasteiger charge is 2.33. The van der Waals surface area contributed by atoms with Crippen molar-refractivity contribution in [1.82, 2.24) is 4.90 Å². The first-order valence-electron chi connectivity index (χ1n) is 9.61. The third-order valence-corrected chi connectivity index (χ3v) is 6.04. The molecule has 0 bridgehead atoms. The van der Waals surface area contributed by atoms with E-state index in [9.17, 15) is 4.79 Å². The number of benzene rings is 2. The Kier molecular flexibility index (Phi) is 5.88. The maximum Gasteiger partial charge on any atom is 0.226 e. The second kappa shape index (κ2) is 8.54. The second-order valence-electron chi connectivity index (χ2n) is 7.41. The summed E-state index contributed by atoms with van der Waals surface area (Å²) in [5, 5.41) is 5.61. The first-order valence-corrected chi connectivity index (χ1v) is 10.4. The van der Waals surface area contributed by atoms with Crippen molar-refractivity contribution in [2.24, 2.45) is 11.1 Å². The Morgan fingerprint density at radius 3 is 2.54 bits per heavy atom. The Morgan fingerprint density at radius 2 is 1.86 bits per heavy atom. The lowest BCUT2D eigenvalue weighted by Crippen LogP contribution is -2.42. The Bertz CT molecular complexity index is 878. The number of hydrogen-bond donors (Lipinski definition) is 0. The molecular formula is C22H22Cl2N2O2. The average Bonchev–Trinajstić information content (AvgIpc) is 3.10. The van der Waals surface area contributed by atoms with Crippen LogP contribution >= 0.6 is 23.2 Å². The van der Waals surface area contributed by atoms with Crippen molar-refractivity contribution < 1.29 is 9.63 Å². The monoisotopic (exact) mass is 416 g/mol. The molecule has 1 fully saturated rings. The minimum atomic E-state index is -0.155. The lowest BCUT2D eigenvalue weighted by Gasteiger charge is -2.33. The minimum absolute atomic E-state index is 0.126. The predicted molar refractivity (Wildman–Crippen MR) is 112 cm³/mol. The van der Waals surface area contributed by atoms with Crippen LogP contribution in [0.1, 0.15) is 36.8 Å². The second-order valence-corrected chi connectivity index (χ2v) is 8.26. The van der Waals surface area contributed by atoms with E-state index in [-0.39, 0.29) is 17.9 Å². The predicted octanol–water partition coefficient (Wildman–Crippen LogP) is 5.32. The first kappa shape index (κ1) is 19.3. The van der Waals surface area contributed by atoms with Gasteiger partial charge in [-0.2, -0.15) is 0 Å². The molecule has 0 saturated heterocycles. The van der Waals surface area contributed by atoms with E-state index in [1.54, 1.807) is 0 Å². The Labute approximate surface area is 175 Å². The molecule has 0 aromatic heterocycles. The van der Waals surface area contributed by atoms with Crippen molar-refractivity contribution in [3.8, 4) is 0 Å². The van der Waals surface area contributed by atoms with Gasteiger partial charge in [0.2, 0.25) is 5.91 Å². The zero-order chi connectivity index (χ0) is 19.5. The van der Waals surface area contributed by atoms with Crippen LogP contribution in [0.25, 0.3) is 0 Å². The molecule has 1 heterocycles. The fourth-order valence-electron chi connectivity index (χ4n) is 3.56. The summed E-state index contributed by atoms with van der Waals surface area (Å²) in [5.74, 6) is 0.315. The molecule has 0 unspecified atom stereocenters. The number of oxime groups is 1. The van der Waals surface area contributed by atoms with E-state index in [1.807, 2.05) is 53.4 Å². The minimum Gasteiger partial charge on any atom is -0.390 e. The van der Waals surface area contributed by atoms with Gasteiger partial charge in [-0.05, 0) is 42.2 Å². The maximum absolute atomic E-state index is 13.0. The molecule has 4 rings (SSSR count). The standard InChI is InChI=1S/C22H22Cl2N2O2/c23-18-10-8-15(9-11-18)21-12-19(28-25-21)14-26(22(27)16-5-3-6-16)13-17-4-1-2-7-20(17)24/h1-2,4,7-11,16,19H,3,5-6,12-14H2/t19-/m0/s1. The van der Waals surface area contributed by atoms with E-state index in [4.69, 9.17) is 28.0 Å². The molecule has 2 aromatic carbocycles. The number of carbonyl (C=O) groups is 1. The molecule has 1 aliphatic carbocycles. The largest absolute Gasteiger partial charge is 0.390 e. The van der Waals surface area contributed by atoms with Crippen LogP contribution in [0.15, 0.2) is 53.7 Å². The lowest BCUT2D eigenvalue weighted by atomic mass is 9.84. The van der Waals surface area contributed by atoms with Crippen LogP contribution in [-0.2, 0) is 16.2 Å². The quantitative estimate of drug-likeness (QED) is 0.639. The van der Waals surface area contributed by atoms with Gasteiger partial charge < -0.3 is 9.74 Å². The van der Waals surface area contributed by atoms with Gasteiger partial charge in [-0.15, -0.1) is 0 Å². The third kappa shape index (κ3) is 4.34. The number of halogens is 2. The van der Waals surface area contributed by atoms with Crippen molar-refractivity contribution in [2.75, 3.05) is 6.54 Å². The zero-order valence-electron chi connectivity index (χ0n) is 15.5. The van der Waals surface area contributed by atoms with Gasteiger partial charge in [-0.3, -0.25) is 4.79 Å². The summed E-state index contributed by atoms with van der Waals surface area (Å²) in [4.78, 5) is 20.5. The first-order chi connectivity index (χ1) is 13.6. The van der Waals surface area contributed by atoms with Crippen molar-refractivity contribution >= 4 is 34.8 Å². The summed E-state index contributed by atoms with van der Waals surface area (Å²) >= 11 is 12.3. The molecule has 4 nitrogen and oxygen atoms in total. The normalized spacial score (nSPS) is 18.9. The van der Waals surface area contributed by atoms with Gasteiger partial charge in [0.05, 0.1) is 12.3 Å². The van der Waals surface area contributed by atoms with Crippen molar-refractivity contribution in [3.05, 3.63) is 69.7 Å². The molecule has 2 aromatic rings. The molecule has 0 spiro atoms. The van der Waals surface area contributed by atoms with Crippen LogP contribution in [-0.4, -0.2) is 29.2 Å². The Balaban J connectivity index is 1.44. The van der Waals surface area contributed by atoms with Crippen LogP contribution in [0.5, 0.6) is 0 Å². The van der Waals surface area contributed by atoms with Crippen molar-refractivity contribution in [3.63, 3.8) is 0 Å². The van der Waals surface area contributed by atoms with Crippen LogP contribution in [0.3, 0.4) is 0 Å². The van der Waals surface area contributed by atoms with Crippen LogP contribution in [0.2, 0.25) is 10.0 Å². The Morgan fingerprint density at radius 1 is 1.11 bits per heavy atom. The lowest BCUT2D eigenvalue weighted by molar-refractivity contribution is -0.140. The van der Waals surface area contributed by atoms with E-state index in [2.05, 4.69) is 5.16 Å². The van der Waals surface area contributed by atoms with Gasteiger partial charge in [-0.25, -0.2) is 0 Å². The molecule has 1 atom stereocenters. The summed E-state index contributed by atoms with van der Waals surface area (Å²) < 4.78 is 0. The van der Waals surface area contributed by atoms with E-state index < -0.39 is 0 Å². The fourth-order valence-corrected chi connectivity index (χ4v) is 3.88. The van der Waals surface area contributed by atoms with Gasteiger partial charge in [0, 0.05) is 28.9 Å². The highest BCUT2D eigenvalue weighted by atomic mass is 35.5. The highest BCUT2D eigenvalue weighted by Crippen LogP contribution is 2.30. The zero-order valence-corrected chi connectivity index (χ0v) is 17.0. The highest BCUT2D eigenvalue weighted by molar-refractivity contribution is 6.31. The Hall–Kier alpha value is -2.04. The topological polar surface area (TPSA) is 41.9 Å². The summed E-state index contributed by atoms with van der Waals surface area (Å²) in [6, 6.07) is 15.2. The van der Waals surface area contributed by atoms with E-state index in [0.29, 0.717) is 29.6 Å². The number of amides is 1. The van der Waals surface area contributed by atoms with E-state index >= 15 is 0 Å². The number of hydrogen-bond acceptors (Lipinski definition) is 3. The van der Waals surface area contributed by atoms with Crippen molar-refractivity contribution in [1.29, 1.82) is 0 Å². The van der Waals surface area contributed by atoms with E-state index in [0.717, 1.165) is 36.1 Å². The number of rotatable bonds is 6. The summed E-state index contributed by atoms with van der Waals surface area (Å²) in [7, 11) is 0. The van der Waals surface area contributed by atoms with Crippen LogP contribution in [0, 0.1) is 5.92 Å². The fraction of sp³-hybridized carbons (Fsp3) is 0.364. The molecule has 6 heteroatoms. The van der Waals surface area contributed by atoms with Crippen LogP contribution < -0.4 is 0 Å². The van der Waals surface area contributed by atoms with Gasteiger partial charge in [0.15, 0.2) is 6.10 Å². The number of carbonyl (C=O) groups excluding carboxylic acids is 1. The summed E-state index contributed by atoms with van der Waals surface area (Å²) in [5.41, 5.74) is 2.83. The molecular weight excluding hydrogens is 395 g/mol. The van der Waals surface area contributed by atoms with Gasteiger partial charge in [0.1, 0.15) is 0 Å². The maximum atomic E-state index is 13.0. The van der Waals surface area contributed by atoms with E-state index in [1.165, 1.54) is 0 Å². The van der Waals surface area contributed by atoms with Crippen molar-refractivity contribution in [2.45, 2.75) is 38.3 Å². The molecule has 146 valence electrons. The molecule has 0 N–H and O–H groups in total. The van der Waals surface area contributed by atoms with Crippen LogP contribution in [0.4, 0.5) is 0 Å². The summed E-state index contributed by atoms with van der Waals surface area (Å²) in [6.45, 7) is 0.992. The molecule has 1 saturated carbocycles. The molecule has 1 amide bonds. The molecule has 28 heavy (non-hydrogen) atoms. The van der Waals surface area contributed by atoms with Gasteiger partial charge in [0.25, 0.3) is 0 Å². The summed E-state index contributed by atoms with van der Waals surface area (Å²) in [6.07, 6.45) is 3.57. The molecule has 0 radical (unpaired) electrons.